The van der Waals surface area contributed by atoms with Gasteiger partial charge < -0.3 is 4.74 Å². The summed E-state index contributed by atoms with van der Waals surface area (Å²) in [5.74, 6) is 0.780. The van der Waals surface area contributed by atoms with Gasteiger partial charge >= 0.3 is 0 Å². The third-order valence-corrected chi connectivity index (χ3v) is 5.71. The molecule has 2 aromatic heterocycles. The first-order chi connectivity index (χ1) is 12.0. The molecule has 0 aliphatic rings. The van der Waals surface area contributed by atoms with Crippen LogP contribution in [-0.4, -0.2) is 35.5 Å². The third-order valence-electron chi connectivity index (χ3n) is 3.45. The minimum Gasteiger partial charge on any atom is -0.497 e. The van der Waals surface area contributed by atoms with Crippen LogP contribution in [0.3, 0.4) is 0 Å². The van der Waals surface area contributed by atoms with Crippen molar-refractivity contribution >= 4 is 26.5 Å². The van der Waals surface area contributed by atoms with Crippen molar-refractivity contribution in [3.05, 3.63) is 47.2 Å². The van der Waals surface area contributed by atoms with Gasteiger partial charge in [-0.1, -0.05) is 23.5 Å². The number of aryl methyl sites for hydroxylation is 1. The number of ether oxygens (including phenoxy) is 1. The number of sulfonamides is 1. The molecule has 1 N–H and O–H groups in total. The van der Waals surface area contributed by atoms with Gasteiger partial charge in [0, 0.05) is 19.2 Å². The number of anilines is 1. The molecular formula is C15H17N5O3S2. The zero-order chi connectivity index (χ0) is 17.9. The highest BCUT2D eigenvalue weighted by molar-refractivity contribution is 7.93. The number of benzene rings is 1. The van der Waals surface area contributed by atoms with Crippen LogP contribution in [0.4, 0.5) is 5.13 Å². The van der Waals surface area contributed by atoms with Gasteiger partial charge in [0.15, 0.2) is 0 Å². The van der Waals surface area contributed by atoms with Crippen LogP contribution < -0.4 is 9.46 Å². The lowest BCUT2D eigenvalue weighted by molar-refractivity contribution is 0.414. The molecule has 0 saturated heterocycles. The van der Waals surface area contributed by atoms with Crippen molar-refractivity contribution in [1.29, 1.82) is 0 Å². The molecule has 8 nitrogen and oxygen atoms in total. The number of hydrogen-bond acceptors (Lipinski definition) is 7. The van der Waals surface area contributed by atoms with E-state index in [4.69, 9.17) is 4.74 Å². The van der Waals surface area contributed by atoms with E-state index in [-0.39, 0.29) is 10.0 Å². The summed E-state index contributed by atoms with van der Waals surface area (Å²) >= 11 is 1.20. The number of aromatic nitrogens is 4. The molecule has 0 aliphatic carbocycles. The fraction of sp³-hybridized carbons (Fsp3) is 0.267. The van der Waals surface area contributed by atoms with E-state index in [9.17, 15) is 8.42 Å². The molecule has 0 bridgehead atoms. The highest BCUT2D eigenvalue weighted by Gasteiger charge is 2.19. The van der Waals surface area contributed by atoms with Crippen LogP contribution in [0.1, 0.15) is 17.5 Å². The molecule has 0 fully saturated rings. The molecule has 10 heteroatoms. The van der Waals surface area contributed by atoms with E-state index in [1.807, 2.05) is 31.2 Å². The van der Waals surface area contributed by atoms with Crippen LogP contribution in [0, 0.1) is 0 Å². The van der Waals surface area contributed by atoms with Crippen LogP contribution in [0.25, 0.3) is 0 Å². The second-order valence-electron chi connectivity index (χ2n) is 5.16. The van der Waals surface area contributed by atoms with E-state index in [0.717, 1.165) is 11.3 Å². The lowest BCUT2D eigenvalue weighted by Gasteiger charge is -2.01. The summed E-state index contributed by atoms with van der Waals surface area (Å²) in [7, 11) is -2.10. The number of nitrogens with zero attached hydrogens (tertiary/aromatic N) is 4. The first-order valence-electron chi connectivity index (χ1n) is 7.50. The minimum absolute atomic E-state index is 0.0984. The molecule has 1 aromatic carbocycles. The Hall–Kier alpha value is -2.46. The van der Waals surface area contributed by atoms with Crippen molar-refractivity contribution in [2.24, 2.45) is 0 Å². The zero-order valence-electron chi connectivity index (χ0n) is 13.7. The number of rotatable bonds is 7. The summed E-state index contributed by atoms with van der Waals surface area (Å²) in [5.41, 5.74) is 1.04. The summed E-state index contributed by atoms with van der Waals surface area (Å²) in [6, 6.07) is 7.60. The normalized spacial score (nSPS) is 11.4. The minimum atomic E-state index is -3.71. The van der Waals surface area contributed by atoms with Crippen molar-refractivity contribution in [1.82, 2.24) is 20.0 Å². The first kappa shape index (κ1) is 17.4. The van der Waals surface area contributed by atoms with Crippen molar-refractivity contribution < 1.29 is 13.2 Å². The molecule has 0 saturated carbocycles. The SMILES string of the molecule is CCn1cc(S(=O)(=O)Nc2nnc(Cc3ccc(OC)cc3)s2)cn1. The van der Waals surface area contributed by atoms with E-state index in [1.54, 1.807) is 11.8 Å². The Morgan fingerprint density at radius 2 is 2.00 bits per heavy atom. The Balaban J connectivity index is 1.70. The molecule has 3 aromatic rings. The van der Waals surface area contributed by atoms with Gasteiger partial charge in [-0.2, -0.15) is 5.10 Å². The molecule has 0 unspecified atom stereocenters. The summed E-state index contributed by atoms with van der Waals surface area (Å²) < 4.78 is 33.8. The molecule has 0 amide bonds. The Morgan fingerprint density at radius 3 is 2.64 bits per heavy atom. The predicted molar refractivity (Wildman–Crippen MR) is 94.4 cm³/mol. The molecule has 2 heterocycles. The Kier molecular flexibility index (Phi) is 5.00. The molecule has 0 radical (unpaired) electrons. The second-order valence-corrected chi connectivity index (χ2v) is 7.91. The molecule has 3 rings (SSSR count). The van der Waals surface area contributed by atoms with E-state index in [0.29, 0.717) is 18.0 Å². The number of hydrogen-bond donors (Lipinski definition) is 1. The average molecular weight is 379 g/mol. The maximum Gasteiger partial charge on any atom is 0.266 e. The van der Waals surface area contributed by atoms with Gasteiger partial charge in [0.05, 0.1) is 13.3 Å². The van der Waals surface area contributed by atoms with E-state index in [2.05, 4.69) is 20.0 Å². The van der Waals surface area contributed by atoms with Crippen molar-refractivity contribution in [2.45, 2.75) is 24.8 Å². The summed E-state index contributed by atoms with van der Waals surface area (Å²) in [5, 5.41) is 12.9. The topological polar surface area (TPSA) is 99.0 Å². The molecular weight excluding hydrogens is 362 g/mol. The van der Waals surface area contributed by atoms with E-state index >= 15 is 0 Å². The largest absolute Gasteiger partial charge is 0.497 e. The summed E-state index contributed by atoms with van der Waals surface area (Å²) in [4.78, 5) is 0.0984. The molecule has 0 atom stereocenters. The Bertz CT molecular complexity index is 948. The van der Waals surface area contributed by atoms with Crippen molar-refractivity contribution in [3.8, 4) is 5.75 Å². The predicted octanol–water partition coefficient (Wildman–Crippen LogP) is 2.15. The van der Waals surface area contributed by atoms with E-state index < -0.39 is 10.0 Å². The molecule has 25 heavy (non-hydrogen) atoms. The smallest absolute Gasteiger partial charge is 0.266 e. The van der Waals surface area contributed by atoms with Gasteiger partial charge in [-0.25, -0.2) is 8.42 Å². The van der Waals surface area contributed by atoms with Crippen LogP contribution in [-0.2, 0) is 23.0 Å². The van der Waals surface area contributed by atoms with E-state index in [1.165, 1.54) is 23.7 Å². The van der Waals surface area contributed by atoms with Gasteiger partial charge in [-0.3, -0.25) is 9.40 Å². The first-order valence-corrected chi connectivity index (χ1v) is 9.80. The van der Waals surface area contributed by atoms with Gasteiger partial charge in [0.1, 0.15) is 15.7 Å². The summed E-state index contributed by atoms with van der Waals surface area (Å²) in [6.45, 7) is 2.48. The van der Waals surface area contributed by atoms with Crippen molar-refractivity contribution in [2.75, 3.05) is 11.8 Å². The summed E-state index contributed by atoms with van der Waals surface area (Å²) in [6.07, 6.45) is 3.35. The van der Waals surface area contributed by atoms with Crippen LogP contribution in [0.2, 0.25) is 0 Å². The quantitative estimate of drug-likeness (QED) is 0.675. The van der Waals surface area contributed by atoms with Gasteiger partial charge in [0.2, 0.25) is 5.13 Å². The Morgan fingerprint density at radius 1 is 1.24 bits per heavy atom. The van der Waals surface area contributed by atoms with Gasteiger partial charge in [-0.05, 0) is 24.6 Å². The fourth-order valence-corrected chi connectivity index (χ4v) is 4.07. The third kappa shape index (κ3) is 4.15. The highest BCUT2D eigenvalue weighted by Crippen LogP contribution is 2.22. The monoisotopic (exact) mass is 379 g/mol. The highest BCUT2D eigenvalue weighted by atomic mass is 32.2. The van der Waals surface area contributed by atoms with Crippen molar-refractivity contribution in [3.63, 3.8) is 0 Å². The number of nitrogens with one attached hydrogen (secondary N) is 1. The lowest BCUT2D eigenvalue weighted by atomic mass is 10.1. The maximum absolute atomic E-state index is 12.3. The average Bonchev–Trinajstić information content (AvgIpc) is 3.25. The molecule has 0 aliphatic heterocycles. The molecule has 0 spiro atoms. The lowest BCUT2D eigenvalue weighted by Crippen LogP contribution is -2.12. The van der Waals surface area contributed by atoms with Crippen LogP contribution in [0.5, 0.6) is 5.75 Å². The van der Waals surface area contributed by atoms with Gasteiger partial charge in [0.25, 0.3) is 10.0 Å². The van der Waals surface area contributed by atoms with Crippen LogP contribution >= 0.6 is 11.3 Å². The molecule has 132 valence electrons. The standard InChI is InChI=1S/C15H17N5O3S2/c1-3-20-10-13(9-16-20)25(21,22)19-15-18-17-14(24-15)8-11-4-6-12(23-2)7-5-11/h4-7,9-10H,3,8H2,1-2H3,(H,18,19). The van der Waals surface area contributed by atoms with Gasteiger partial charge in [-0.15, -0.1) is 10.2 Å². The maximum atomic E-state index is 12.3. The Labute approximate surface area is 149 Å². The van der Waals surface area contributed by atoms with Crippen LogP contribution in [0.15, 0.2) is 41.6 Å². The fourth-order valence-electron chi connectivity index (χ4n) is 2.11. The second kappa shape index (κ2) is 7.19. The number of methoxy groups -OCH3 is 1. The zero-order valence-corrected chi connectivity index (χ0v) is 15.3.